The second kappa shape index (κ2) is 4.79. The van der Waals surface area contributed by atoms with Crippen molar-refractivity contribution in [1.82, 2.24) is 0 Å². The largest absolute Gasteiger partial charge is 0.496 e. The van der Waals surface area contributed by atoms with E-state index < -0.39 is 12.0 Å². The van der Waals surface area contributed by atoms with Gasteiger partial charge in [-0.2, -0.15) is 0 Å². The van der Waals surface area contributed by atoms with Crippen molar-refractivity contribution in [3.8, 4) is 5.75 Å². The molecule has 0 bridgehead atoms. The number of nitrogens with two attached hydrogens (primary N) is 1. The van der Waals surface area contributed by atoms with E-state index in [0.29, 0.717) is 11.3 Å². The number of methoxy groups -OCH3 is 1. The highest BCUT2D eigenvalue weighted by Gasteiger charge is 2.18. The molecule has 15 heavy (non-hydrogen) atoms. The summed E-state index contributed by atoms with van der Waals surface area (Å²) in [5.41, 5.74) is 7.12. The van der Waals surface area contributed by atoms with Gasteiger partial charge < -0.3 is 15.6 Å². The first-order valence-electron chi connectivity index (χ1n) is 4.75. The number of carboxylic acids is 1. The number of hydrogen-bond donors (Lipinski definition) is 2. The minimum Gasteiger partial charge on any atom is -0.496 e. The number of ether oxygens (including phenoxy) is 1. The fourth-order valence-electron chi connectivity index (χ4n) is 1.38. The van der Waals surface area contributed by atoms with Gasteiger partial charge in [0.05, 0.1) is 7.11 Å². The highest BCUT2D eigenvalue weighted by Crippen LogP contribution is 2.25. The molecule has 3 N–H and O–H groups in total. The van der Waals surface area contributed by atoms with Crippen LogP contribution in [0.4, 0.5) is 0 Å². The van der Waals surface area contributed by atoms with Crippen LogP contribution in [0.2, 0.25) is 0 Å². The smallest absolute Gasteiger partial charge is 0.325 e. The van der Waals surface area contributed by atoms with Gasteiger partial charge in [0.15, 0.2) is 0 Å². The predicted octanol–water partition coefficient (Wildman–Crippen LogP) is 1.34. The molecule has 0 aliphatic rings. The Balaban J connectivity index is 3.16. The van der Waals surface area contributed by atoms with Crippen LogP contribution in [0.15, 0.2) is 18.2 Å². The molecule has 4 nitrogen and oxygen atoms in total. The van der Waals surface area contributed by atoms with Crippen LogP contribution in [-0.4, -0.2) is 18.2 Å². The van der Waals surface area contributed by atoms with E-state index >= 15 is 0 Å². The molecule has 0 saturated carbocycles. The molecule has 0 aliphatic heterocycles. The Morgan fingerprint density at radius 2 is 2.27 bits per heavy atom. The van der Waals surface area contributed by atoms with Crippen molar-refractivity contribution in [3.63, 3.8) is 0 Å². The van der Waals surface area contributed by atoms with E-state index in [1.165, 1.54) is 7.11 Å². The van der Waals surface area contributed by atoms with E-state index in [-0.39, 0.29) is 0 Å². The summed E-state index contributed by atoms with van der Waals surface area (Å²) in [6.45, 7) is 2.00. The van der Waals surface area contributed by atoms with E-state index in [0.717, 1.165) is 12.0 Å². The molecule has 1 aromatic rings. The lowest BCUT2D eigenvalue weighted by Gasteiger charge is -2.13. The van der Waals surface area contributed by atoms with Gasteiger partial charge >= 0.3 is 5.97 Å². The minimum absolute atomic E-state index is 0.516. The maximum absolute atomic E-state index is 10.8. The van der Waals surface area contributed by atoms with Crippen molar-refractivity contribution < 1.29 is 14.6 Å². The summed E-state index contributed by atoms with van der Waals surface area (Å²) in [5, 5.41) is 8.84. The van der Waals surface area contributed by atoms with Gasteiger partial charge in [0.2, 0.25) is 0 Å². The Morgan fingerprint density at radius 3 is 2.73 bits per heavy atom. The molecule has 1 rings (SSSR count). The first-order chi connectivity index (χ1) is 7.10. The second-order valence-corrected chi connectivity index (χ2v) is 3.25. The summed E-state index contributed by atoms with van der Waals surface area (Å²) in [4.78, 5) is 10.8. The molecule has 0 heterocycles. The zero-order valence-electron chi connectivity index (χ0n) is 8.86. The molecule has 0 unspecified atom stereocenters. The molecule has 0 spiro atoms. The quantitative estimate of drug-likeness (QED) is 0.784. The standard InChI is InChI=1S/C11H15NO3/c1-3-7-4-5-9(15-2)8(6-7)10(12)11(13)14/h4-6,10H,3,12H2,1-2H3,(H,13,14)/t10-/m1/s1. The van der Waals surface area contributed by atoms with Crippen molar-refractivity contribution in [2.75, 3.05) is 7.11 Å². The second-order valence-electron chi connectivity index (χ2n) is 3.25. The number of aryl methyl sites for hydroxylation is 1. The third kappa shape index (κ3) is 2.47. The van der Waals surface area contributed by atoms with E-state index in [2.05, 4.69) is 0 Å². The summed E-state index contributed by atoms with van der Waals surface area (Å²) < 4.78 is 5.07. The highest BCUT2D eigenvalue weighted by molar-refractivity contribution is 5.76. The van der Waals surface area contributed by atoms with Crippen LogP contribution in [0.5, 0.6) is 5.75 Å². The van der Waals surface area contributed by atoms with E-state index in [4.69, 9.17) is 15.6 Å². The molecule has 1 aromatic carbocycles. The Hall–Kier alpha value is -1.55. The Bertz CT molecular complexity index is 363. The number of hydrogen-bond acceptors (Lipinski definition) is 3. The number of rotatable bonds is 4. The molecule has 1 atom stereocenters. The first-order valence-corrected chi connectivity index (χ1v) is 4.75. The Labute approximate surface area is 88.7 Å². The number of carbonyl (C=O) groups is 1. The minimum atomic E-state index is -1.05. The predicted molar refractivity (Wildman–Crippen MR) is 56.9 cm³/mol. The monoisotopic (exact) mass is 209 g/mol. The molecule has 4 heteroatoms. The first kappa shape index (κ1) is 11.5. The summed E-state index contributed by atoms with van der Waals surface area (Å²) in [5.74, 6) is -0.538. The molecule has 0 aromatic heterocycles. The molecule has 0 saturated heterocycles. The Morgan fingerprint density at radius 1 is 1.60 bits per heavy atom. The third-order valence-corrected chi connectivity index (χ3v) is 2.30. The van der Waals surface area contributed by atoms with Gasteiger partial charge in [-0.05, 0) is 24.1 Å². The molecular formula is C11H15NO3. The molecule has 0 fully saturated rings. The van der Waals surface area contributed by atoms with Crippen molar-refractivity contribution in [3.05, 3.63) is 29.3 Å². The van der Waals surface area contributed by atoms with E-state index in [9.17, 15) is 4.79 Å². The summed E-state index contributed by atoms with van der Waals surface area (Å²) in [7, 11) is 1.50. The van der Waals surface area contributed by atoms with Crippen molar-refractivity contribution in [2.24, 2.45) is 5.73 Å². The normalized spacial score (nSPS) is 12.2. The van der Waals surface area contributed by atoms with Gasteiger partial charge in [-0.15, -0.1) is 0 Å². The topological polar surface area (TPSA) is 72.5 Å². The summed E-state index contributed by atoms with van der Waals surface area (Å²) in [6, 6.07) is 4.39. The molecule has 0 radical (unpaired) electrons. The summed E-state index contributed by atoms with van der Waals surface area (Å²) in [6.07, 6.45) is 0.837. The van der Waals surface area contributed by atoms with Crippen LogP contribution in [-0.2, 0) is 11.2 Å². The van der Waals surface area contributed by atoms with Crippen molar-refractivity contribution in [2.45, 2.75) is 19.4 Å². The van der Waals surface area contributed by atoms with Gasteiger partial charge in [0.1, 0.15) is 11.8 Å². The van der Waals surface area contributed by atoms with Crippen molar-refractivity contribution in [1.29, 1.82) is 0 Å². The van der Waals surface area contributed by atoms with E-state index in [1.807, 2.05) is 13.0 Å². The fourth-order valence-corrected chi connectivity index (χ4v) is 1.38. The number of aliphatic carboxylic acids is 1. The lowest BCUT2D eigenvalue weighted by Crippen LogP contribution is -2.21. The van der Waals surface area contributed by atoms with Crippen LogP contribution in [0.25, 0.3) is 0 Å². The van der Waals surface area contributed by atoms with Gasteiger partial charge in [0, 0.05) is 5.56 Å². The van der Waals surface area contributed by atoms with Crippen LogP contribution >= 0.6 is 0 Å². The number of benzene rings is 1. The lowest BCUT2D eigenvalue weighted by molar-refractivity contribution is -0.138. The Kier molecular flexibility index (Phi) is 3.68. The average Bonchev–Trinajstić information content (AvgIpc) is 2.27. The SMILES string of the molecule is CCc1ccc(OC)c([C@@H](N)C(=O)O)c1. The number of carboxylic acid groups (broad SMARTS) is 1. The molecule has 0 amide bonds. The average molecular weight is 209 g/mol. The lowest BCUT2D eigenvalue weighted by atomic mass is 10.0. The van der Waals surface area contributed by atoms with Crippen LogP contribution < -0.4 is 10.5 Å². The van der Waals surface area contributed by atoms with Gasteiger partial charge in [-0.1, -0.05) is 13.0 Å². The highest BCUT2D eigenvalue weighted by atomic mass is 16.5. The van der Waals surface area contributed by atoms with Gasteiger partial charge in [-0.3, -0.25) is 4.79 Å². The van der Waals surface area contributed by atoms with Crippen LogP contribution in [0.3, 0.4) is 0 Å². The molecular weight excluding hydrogens is 194 g/mol. The van der Waals surface area contributed by atoms with Crippen molar-refractivity contribution >= 4 is 5.97 Å². The zero-order chi connectivity index (χ0) is 11.4. The van der Waals surface area contributed by atoms with Gasteiger partial charge in [0.25, 0.3) is 0 Å². The molecule has 0 aliphatic carbocycles. The zero-order valence-corrected chi connectivity index (χ0v) is 8.86. The van der Waals surface area contributed by atoms with Gasteiger partial charge in [-0.25, -0.2) is 0 Å². The van der Waals surface area contributed by atoms with E-state index in [1.54, 1.807) is 12.1 Å². The maximum Gasteiger partial charge on any atom is 0.325 e. The maximum atomic E-state index is 10.8. The molecule has 82 valence electrons. The van der Waals surface area contributed by atoms with Crippen LogP contribution in [0.1, 0.15) is 24.1 Å². The fraction of sp³-hybridized carbons (Fsp3) is 0.364. The third-order valence-electron chi connectivity index (χ3n) is 2.30. The van der Waals surface area contributed by atoms with Crippen LogP contribution in [0, 0.1) is 0 Å². The summed E-state index contributed by atoms with van der Waals surface area (Å²) >= 11 is 0.